The van der Waals surface area contributed by atoms with Gasteiger partial charge in [-0.05, 0) is 37.0 Å². The molecule has 2 unspecified atom stereocenters. The number of anilines is 2. The zero-order chi connectivity index (χ0) is 23.9. The zero-order valence-electron chi connectivity index (χ0n) is 20.7. The second-order valence-corrected chi connectivity index (χ2v) is 10.3. The summed E-state index contributed by atoms with van der Waals surface area (Å²) < 4.78 is 2.13. The van der Waals surface area contributed by atoms with E-state index in [1.54, 1.807) is 0 Å². The van der Waals surface area contributed by atoms with Crippen molar-refractivity contribution in [1.29, 1.82) is 0 Å². The molecule has 0 radical (unpaired) electrons. The Morgan fingerprint density at radius 2 is 1.83 bits per heavy atom. The summed E-state index contributed by atoms with van der Waals surface area (Å²) in [6, 6.07) is 17.9. The predicted octanol–water partition coefficient (Wildman–Crippen LogP) is 4.88. The lowest BCUT2D eigenvalue weighted by Crippen LogP contribution is -2.48. The Hall–Kier alpha value is -3.45. The number of imidazole rings is 1. The maximum absolute atomic E-state index is 5.18. The van der Waals surface area contributed by atoms with E-state index < -0.39 is 0 Å². The number of nitrogens with one attached hydrogen (secondary N) is 1. The normalized spacial score (nSPS) is 20.7. The molecule has 35 heavy (non-hydrogen) atoms. The van der Waals surface area contributed by atoms with E-state index in [0.717, 1.165) is 41.8 Å². The predicted molar refractivity (Wildman–Crippen MR) is 141 cm³/mol. The summed E-state index contributed by atoms with van der Waals surface area (Å²) in [7, 11) is 0. The van der Waals surface area contributed by atoms with Crippen LogP contribution in [0.2, 0.25) is 0 Å². The first-order valence-corrected chi connectivity index (χ1v) is 12.7. The highest BCUT2D eigenvalue weighted by Gasteiger charge is 2.44. The fourth-order valence-corrected chi connectivity index (χ4v) is 5.66. The lowest BCUT2D eigenvalue weighted by atomic mass is 10.1. The van der Waals surface area contributed by atoms with Crippen molar-refractivity contribution in [2.24, 2.45) is 5.92 Å². The highest BCUT2D eigenvalue weighted by atomic mass is 15.4. The maximum atomic E-state index is 5.18. The SMILES string of the molecule is CC(C)CN1CC2CC1CN2c1nc(-c2ccnc(N[C@@H](C)c3ccccc3)c2)cc2nccn12. The number of nitrogens with zero attached hydrogens (tertiary/aromatic N) is 6. The number of fused-ring (bicyclic) bond motifs is 3. The van der Waals surface area contributed by atoms with Crippen molar-refractivity contribution in [3.63, 3.8) is 0 Å². The van der Waals surface area contributed by atoms with Gasteiger partial charge in [0.1, 0.15) is 11.5 Å². The van der Waals surface area contributed by atoms with Crippen molar-refractivity contribution < 1.29 is 0 Å². The Bertz CT molecular complexity index is 1320. The van der Waals surface area contributed by atoms with Gasteiger partial charge in [0, 0.05) is 68.0 Å². The second-order valence-electron chi connectivity index (χ2n) is 10.3. The molecule has 0 amide bonds. The van der Waals surface area contributed by atoms with Gasteiger partial charge in [-0.2, -0.15) is 0 Å². The number of piperazine rings is 1. The lowest BCUT2D eigenvalue weighted by Gasteiger charge is -2.35. The van der Waals surface area contributed by atoms with Gasteiger partial charge in [-0.15, -0.1) is 0 Å². The van der Waals surface area contributed by atoms with Crippen molar-refractivity contribution in [3.8, 4) is 11.3 Å². The Balaban J connectivity index is 1.29. The quantitative estimate of drug-likeness (QED) is 0.418. The molecule has 180 valence electrons. The second kappa shape index (κ2) is 8.96. The molecule has 1 aromatic carbocycles. The molecule has 3 atom stereocenters. The molecule has 2 aliphatic heterocycles. The van der Waals surface area contributed by atoms with Crippen molar-refractivity contribution in [2.45, 2.75) is 45.3 Å². The number of rotatable bonds is 7. The maximum Gasteiger partial charge on any atom is 0.212 e. The number of hydrogen-bond donors (Lipinski definition) is 1. The number of benzene rings is 1. The van der Waals surface area contributed by atoms with Crippen LogP contribution in [0.15, 0.2) is 67.1 Å². The topological polar surface area (TPSA) is 61.6 Å². The lowest BCUT2D eigenvalue weighted by molar-refractivity contribution is 0.213. The molecule has 5 heterocycles. The van der Waals surface area contributed by atoms with Crippen LogP contribution in [0.25, 0.3) is 16.9 Å². The van der Waals surface area contributed by atoms with E-state index in [9.17, 15) is 0 Å². The van der Waals surface area contributed by atoms with Crippen LogP contribution in [0.3, 0.4) is 0 Å². The molecule has 7 heteroatoms. The summed E-state index contributed by atoms with van der Waals surface area (Å²) in [5.74, 6) is 2.54. The van der Waals surface area contributed by atoms with Gasteiger partial charge < -0.3 is 10.2 Å². The van der Waals surface area contributed by atoms with Crippen LogP contribution in [-0.2, 0) is 0 Å². The molecule has 6 rings (SSSR count). The minimum absolute atomic E-state index is 0.159. The summed E-state index contributed by atoms with van der Waals surface area (Å²) >= 11 is 0. The minimum atomic E-state index is 0.159. The van der Waals surface area contributed by atoms with E-state index >= 15 is 0 Å². The molecule has 2 aliphatic rings. The highest BCUT2D eigenvalue weighted by Crippen LogP contribution is 2.35. The first kappa shape index (κ1) is 22.0. The molecule has 2 saturated heterocycles. The van der Waals surface area contributed by atoms with Gasteiger partial charge in [-0.3, -0.25) is 9.30 Å². The first-order valence-electron chi connectivity index (χ1n) is 12.7. The van der Waals surface area contributed by atoms with Gasteiger partial charge in [-0.25, -0.2) is 15.0 Å². The van der Waals surface area contributed by atoms with Gasteiger partial charge in [0.05, 0.1) is 5.69 Å². The molecule has 0 saturated carbocycles. The van der Waals surface area contributed by atoms with E-state index in [0.29, 0.717) is 18.0 Å². The van der Waals surface area contributed by atoms with Crippen LogP contribution in [0.5, 0.6) is 0 Å². The zero-order valence-corrected chi connectivity index (χ0v) is 20.7. The van der Waals surface area contributed by atoms with Crippen LogP contribution in [0.1, 0.15) is 38.8 Å². The fourth-order valence-electron chi connectivity index (χ4n) is 5.66. The Morgan fingerprint density at radius 3 is 2.60 bits per heavy atom. The third kappa shape index (κ3) is 4.25. The smallest absolute Gasteiger partial charge is 0.212 e. The van der Waals surface area contributed by atoms with Crippen molar-refractivity contribution in [3.05, 3.63) is 72.7 Å². The average Bonchev–Trinajstić information content (AvgIpc) is 3.59. The standard InChI is InChI=1S/C28H33N7/c1-19(2)16-33-17-24-14-23(33)18-35(24)28-32-25(15-27-30-11-12-34(27)28)22-9-10-29-26(13-22)31-20(3)21-7-5-4-6-8-21/h4-13,15,19-20,23-24H,14,16-18H2,1-3H3,(H,29,31)/t20-,23?,24?/m0/s1. The average molecular weight is 468 g/mol. The summed E-state index contributed by atoms with van der Waals surface area (Å²) in [4.78, 5) is 19.5. The molecular formula is C28H33N7. The highest BCUT2D eigenvalue weighted by molar-refractivity contribution is 5.68. The van der Waals surface area contributed by atoms with E-state index in [4.69, 9.17) is 4.98 Å². The number of hydrogen-bond acceptors (Lipinski definition) is 6. The first-order chi connectivity index (χ1) is 17.0. The molecule has 2 fully saturated rings. The number of likely N-dealkylation sites (tertiary alicyclic amines) is 1. The molecule has 4 aromatic rings. The number of aromatic nitrogens is 4. The minimum Gasteiger partial charge on any atom is -0.364 e. The Morgan fingerprint density at radius 1 is 0.971 bits per heavy atom. The van der Waals surface area contributed by atoms with E-state index in [2.05, 4.69) is 86.7 Å². The summed E-state index contributed by atoms with van der Waals surface area (Å²) in [5.41, 5.74) is 4.13. The van der Waals surface area contributed by atoms with E-state index in [-0.39, 0.29) is 6.04 Å². The largest absolute Gasteiger partial charge is 0.364 e. The van der Waals surface area contributed by atoms with Crippen LogP contribution in [0, 0.1) is 5.92 Å². The molecule has 3 aromatic heterocycles. The third-order valence-corrected chi connectivity index (χ3v) is 7.30. The van der Waals surface area contributed by atoms with Gasteiger partial charge >= 0.3 is 0 Å². The van der Waals surface area contributed by atoms with Gasteiger partial charge in [0.25, 0.3) is 0 Å². The molecule has 1 N–H and O–H groups in total. The van der Waals surface area contributed by atoms with Gasteiger partial charge in [-0.1, -0.05) is 44.2 Å². The van der Waals surface area contributed by atoms with Gasteiger partial charge in [0.15, 0.2) is 0 Å². The van der Waals surface area contributed by atoms with E-state index in [1.165, 1.54) is 18.5 Å². The summed E-state index contributed by atoms with van der Waals surface area (Å²) in [6.45, 7) is 10.1. The summed E-state index contributed by atoms with van der Waals surface area (Å²) in [6.07, 6.45) is 6.97. The fraction of sp³-hybridized carbons (Fsp3) is 0.393. The summed E-state index contributed by atoms with van der Waals surface area (Å²) in [5, 5.41) is 3.54. The monoisotopic (exact) mass is 467 g/mol. The third-order valence-electron chi connectivity index (χ3n) is 7.30. The molecule has 0 spiro atoms. The van der Waals surface area contributed by atoms with Crippen LogP contribution in [-0.4, -0.2) is 56.0 Å². The van der Waals surface area contributed by atoms with Crippen LogP contribution >= 0.6 is 0 Å². The molecule has 0 aliphatic carbocycles. The number of pyridine rings is 1. The van der Waals surface area contributed by atoms with Crippen molar-refractivity contribution in [1.82, 2.24) is 24.3 Å². The Labute approximate surface area is 206 Å². The Kier molecular flexibility index (Phi) is 5.65. The van der Waals surface area contributed by atoms with Crippen molar-refractivity contribution >= 4 is 17.4 Å². The van der Waals surface area contributed by atoms with Crippen LogP contribution < -0.4 is 10.2 Å². The van der Waals surface area contributed by atoms with Crippen LogP contribution in [0.4, 0.5) is 11.8 Å². The molecule has 7 nitrogen and oxygen atoms in total. The van der Waals surface area contributed by atoms with Crippen molar-refractivity contribution in [2.75, 3.05) is 29.9 Å². The van der Waals surface area contributed by atoms with E-state index in [1.807, 2.05) is 30.7 Å². The molecular weight excluding hydrogens is 434 g/mol. The van der Waals surface area contributed by atoms with Gasteiger partial charge in [0.2, 0.25) is 5.95 Å². The molecule has 2 bridgehead atoms.